The maximum absolute atomic E-state index is 9.60. The summed E-state index contributed by atoms with van der Waals surface area (Å²) >= 11 is 0. The minimum absolute atomic E-state index is 0.533. The smallest absolute Gasteiger partial charge is 0.164 e. The van der Waals surface area contributed by atoms with Crippen LogP contribution in [0.1, 0.15) is 5.56 Å². The summed E-state index contributed by atoms with van der Waals surface area (Å²) < 4.78 is 6.59. The van der Waals surface area contributed by atoms with Crippen LogP contribution < -0.4 is 0 Å². The molecule has 0 aliphatic heterocycles. The molecule has 0 fully saturated rings. The van der Waals surface area contributed by atoms with Gasteiger partial charge in [0.05, 0.1) is 11.6 Å². The van der Waals surface area contributed by atoms with E-state index in [-0.39, 0.29) is 0 Å². The van der Waals surface area contributed by atoms with Gasteiger partial charge in [0.2, 0.25) is 0 Å². The van der Waals surface area contributed by atoms with E-state index in [4.69, 9.17) is 19.4 Å². The van der Waals surface area contributed by atoms with Crippen molar-refractivity contribution in [1.82, 2.24) is 15.0 Å². The summed E-state index contributed by atoms with van der Waals surface area (Å²) in [5, 5.41) is 14.1. The highest BCUT2D eigenvalue weighted by Gasteiger charge is 2.18. The molecular formula is C56H34N4O. The molecule has 284 valence electrons. The average molecular weight is 779 g/mol. The van der Waals surface area contributed by atoms with E-state index in [1.165, 1.54) is 16.3 Å². The Morgan fingerprint density at radius 1 is 0.344 bits per heavy atom. The molecule has 2 aromatic heterocycles. The van der Waals surface area contributed by atoms with Gasteiger partial charge in [-0.25, -0.2) is 15.0 Å². The molecule has 0 atom stereocenters. The Kier molecular flexibility index (Phi) is 8.80. The third-order valence-corrected chi connectivity index (χ3v) is 11.3. The Bertz CT molecular complexity index is 3510. The Morgan fingerprint density at radius 2 is 0.852 bits per heavy atom. The Balaban J connectivity index is 1.04. The van der Waals surface area contributed by atoms with Gasteiger partial charge >= 0.3 is 0 Å². The van der Waals surface area contributed by atoms with Crippen LogP contribution in [0, 0.1) is 11.3 Å². The molecule has 61 heavy (non-hydrogen) atoms. The fourth-order valence-corrected chi connectivity index (χ4v) is 8.28. The summed E-state index contributed by atoms with van der Waals surface area (Å²) in [6.45, 7) is 0. The van der Waals surface area contributed by atoms with Gasteiger partial charge in [-0.05, 0) is 110 Å². The second-order valence-corrected chi connectivity index (χ2v) is 15.2. The minimum atomic E-state index is 0.533. The topological polar surface area (TPSA) is 75.6 Å². The molecular weight excluding hydrogens is 745 g/mol. The van der Waals surface area contributed by atoms with Crippen LogP contribution in [0.4, 0.5) is 0 Å². The number of aromatic nitrogens is 3. The molecule has 11 rings (SSSR count). The van der Waals surface area contributed by atoms with Crippen molar-refractivity contribution in [2.24, 2.45) is 0 Å². The first-order valence-corrected chi connectivity index (χ1v) is 20.2. The van der Waals surface area contributed by atoms with Crippen LogP contribution >= 0.6 is 0 Å². The van der Waals surface area contributed by atoms with Crippen molar-refractivity contribution in [1.29, 1.82) is 5.26 Å². The lowest BCUT2D eigenvalue weighted by molar-refractivity contribution is 0.669. The van der Waals surface area contributed by atoms with Gasteiger partial charge in [0.25, 0.3) is 0 Å². The third kappa shape index (κ3) is 6.78. The number of hydrogen-bond donors (Lipinski definition) is 0. The number of benzene rings is 9. The van der Waals surface area contributed by atoms with Gasteiger partial charge in [-0.15, -0.1) is 0 Å². The quantitative estimate of drug-likeness (QED) is 0.161. The van der Waals surface area contributed by atoms with Crippen LogP contribution in [-0.4, -0.2) is 15.0 Å². The molecule has 5 heteroatoms. The van der Waals surface area contributed by atoms with E-state index in [9.17, 15) is 5.26 Å². The number of nitriles is 1. The van der Waals surface area contributed by atoms with Crippen molar-refractivity contribution >= 4 is 32.7 Å². The molecule has 11 aromatic rings. The van der Waals surface area contributed by atoms with Crippen LogP contribution in [0.15, 0.2) is 211 Å². The van der Waals surface area contributed by atoms with Gasteiger partial charge in [0, 0.05) is 27.5 Å². The number of fused-ring (bicyclic) bond motifs is 4. The van der Waals surface area contributed by atoms with Crippen molar-refractivity contribution in [3.05, 3.63) is 212 Å². The number of rotatable bonds is 7. The van der Waals surface area contributed by atoms with E-state index in [1.54, 1.807) is 0 Å². The van der Waals surface area contributed by atoms with Crippen molar-refractivity contribution < 1.29 is 4.42 Å². The zero-order valence-corrected chi connectivity index (χ0v) is 32.8. The Labute approximate surface area is 352 Å². The molecule has 0 aliphatic rings. The van der Waals surface area contributed by atoms with E-state index >= 15 is 0 Å². The highest BCUT2D eigenvalue weighted by atomic mass is 16.3. The van der Waals surface area contributed by atoms with E-state index < -0.39 is 0 Å². The molecule has 0 N–H and O–H groups in total. The Hall–Kier alpha value is -8.46. The second-order valence-electron chi connectivity index (χ2n) is 15.2. The number of furan rings is 1. The zero-order valence-electron chi connectivity index (χ0n) is 32.8. The largest absolute Gasteiger partial charge is 0.456 e. The fourth-order valence-electron chi connectivity index (χ4n) is 8.28. The molecule has 0 spiro atoms. The maximum atomic E-state index is 9.60. The molecule has 0 unspecified atom stereocenters. The lowest BCUT2D eigenvalue weighted by atomic mass is 9.97. The maximum Gasteiger partial charge on any atom is 0.164 e. The lowest BCUT2D eigenvalue weighted by Gasteiger charge is -2.11. The molecule has 0 bridgehead atoms. The third-order valence-electron chi connectivity index (χ3n) is 11.3. The molecule has 0 radical (unpaired) electrons. The van der Waals surface area contributed by atoms with Gasteiger partial charge < -0.3 is 4.42 Å². The van der Waals surface area contributed by atoms with Crippen LogP contribution in [0.25, 0.3) is 111 Å². The molecule has 0 saturated heterocycles. The molecule has 2 heterocycles. The van der Waals surface area contributed by atoms with Crippen molar-refractivity contribution in [3.63, 3.8) is 0 Å². The van der Waals surface area contributed by atoms with E-state index in [1.807, 2.05) is 66.7 Å². The normalized spacial score (nSPS) is 11.3. The first-order valence-electron chi connectivity index (χ1n) is 20.2. The lowest BCUT2D eigenvalue weighted by Crippen LogP contribution is -2.00. The average Bonchev–Trinajstić information content (AvgIpc) is 3.72. The van der Waals surface area contributed by atoms with E-state index in [0.717, 1.165) is 77.6 Å². The zero-order chi connectivity index (χ0) is 40.7. The van der Waals surface area contributed by atoms with Crippen LogP contribution in [-0.2, 0) is 0 Å². The monoisotopic (exact) mass is 778 g/mol. The van der Waals surface area contributed by atoms with Crippen LogP contribution in [0.5, 0.6) is 0 Å². The Morgan fingerprint density at radius 3 is 1.52 bits per heavy atom. The molecule has 0 aliphatic carbocycles. The SMILES string of the molecule is N#Cc1cccc(-c2cccc(-c3nc(-c4cccc(-c5cccc(-c6ccccc6)c5)c4)nc(-c4ccc5c(c4)oc4cccc(-c6ccc7ccccc7c6)c45)n3)c2)c1. The summed E-state index contributed by atoms with van der Waals surface area (Å²) in [5.41, 5.74) is 13.3. The number of hydrogen-bond acceptors (Lipinski definition) is 5. The van der Waals surface area contributed by atoms with Crippen LogP contribution in [0.3, 0.4) is 0 Å². The standard InChI is InChI=1S/C56H34N4O/c57-35-36-11-6-16-39(29-36)43-19-8-21-46(32-43)54-58-55(47-22-9-20-44(33-47)42-18-7-17-41(30-42)37-12-2-1-3-13-37)60-56(59-54)48-27-28-50-52(34-48)61-51-24-10-23-49(53(50)51)45-26-25-38-14-4-5-15-40(38)31-45/h1-34H. The molecule has 5 nitrogen and oxygen atoms in total. The summed E-state index contributed by atoms with van der Waals surface area (Å²) in [6, 6.07) is 72.9. The van der Waals surface area contributed by atoms with Gasteiger partial charge in [-0.1, -0.05) is 152 Å². The van der Waals surface area contributed by atoms with Crippen LogP contribution in [0.2, 0.25) is 0 Å². The fraction of sp³-hybridized carbons (Fsp3) is 0. The summed E-state index contributed by atoms with van der Waals surface area (Å²) in [7, 11) is 0. The van der Waals surface area contributed by atoms with Crippen molar-refractivity contribution in [2.45, 2.75) is 0 Å². The van der Waals surface area contributed by atoms with Gasteiger partial charge in [0.1, 0.15) is 11.2 Å². The van der Waals surface area contributed by atoms with E-state index in [2.05, 4.69) is 146 Å². The van der Waals surface area contributed by atoms with Gasteiger partial charge in [-0.3, -0.25) is 0 Å². The van der Waals surface area contributed by atoms with Gasteiger partial charge in [-0.2, -0.15) is 5.26 Å². The molecule has 0 saturated carbocycles. The van der Waals surface area contributed by atoms with Gasteiger partial charge in [0.15, 0.2) is 17.5 Å². The molecule has 9 aromatic carbocycles. The van der Waals surface area contributed by atoms with E-state index in [0.29, 0.717) is 23.0 Å². The minimum Gasteiger partial charge on any atom is -0.456 e. The summed E-state index contributed by atoms with van der Waals surface area (Å²) in [6.07, 6.45) is 0. The highest BCUT2D eigenvalue weighted by molar-refractivity contribution is 6.13. The first-order chi connectivity index (χ1) is 30.1. The number of nitrogens with zero attached hydrogens (tertiary/aromatic N) is 4. The van der Waals surface area contributed by atoms with Crippen molar-refractivity contribution in [3.8, 4) is 84.7 Å². The second kappa shape index (κ2) is 15.0. The predicted octanol–water partition coefficient (Wildman–Crippen LogP) is 14.5. The van der Waals surface area contributed by atoms with Crippen molar-refractivity contribution in [2.75, 3.05) is 0 Å². The highest BCUT2D eigenvalue weighted by Crippen LogP contribution is 2.39. The first kappa shape index (κ1) is 35.7. The molecule has 0 amide bonds. The summed E-state index contributed by atoms with van der Waals surface area (Å²) in [4.78, 5) is 15.4. The summed E-state index contributed by atoms with van der Waals surface area (Å²) in [5.74, 6) is 1.63. The predicted molar refractivity (Wildman–Crippen MR) is 247 cm³/mol.